The molecular formula is C15H21NO3S. The molecule has 1 N–H and O–H groups in total. The molecule has 20 heavy (non-hydrogen) atoms. The Morgan fingerprint density at radius 2 is 2.10 bits per heavy atom. The summed E-state index contributed by atoms with van der Waals surface area (Å²) < 4.78 is 5.11. The van der Waals surface area contributed by atoms with Gasteiger partial charge >= 0.3 is 0 Å². The maximum Gasteiger partial charge on any atom is 0.233 e. The average Bonchev–Trinajstić information content (AvgIpc) is 2.43. The lowest BCUT2D eigenvalue weighted by molar-refractivity contribution is -0.132. The lowest BCUT2D eigenvalue weighted by Gasteiger charge is -2.37. The number of thioether (sulfide) groups is 1. The third-order valence-corrected chi connectivity index (χ3v) is 4.60. The van der Waals surface area contributed by atoms with Gasteiger partial charge in [-0.25, -0.2) is 0 Å². The van der Waals surface area contributed by atoms with Gasteiger partial charge in [0.2, 0.25) is 5.91 Å². The van der Waals surface area contributed by atoms with Crippen molar-refractivity contribution in [2.24, 2.45) is 0 Å². The molecule has 0 heterocycles. The van der Waals surface area contributed by atoms with E-state index < -0.39 is 0 Å². The minimum Gasteiger partial charge on any atom is -0.497 e. The summed E-state index contributed by atoms with van der Waals surface area (Å²) in [5, 5.41) is 9.08. The number of ether oxygens (including phenoxy) is 1. The van der Waals surface area contributed by atoms with E-state index in [4.69, 9.17) is 9.84 Å². The Kier molecular flexibility index (Phi) is 5.73. The van der Waals surface area contributed by atoms with Crippen LogP contribution >= 0.6 is 11.8 Å². The van der Waals surface area contributed by atoms with Crippen LogP contribution in [0.4, 0.5) is 0 Å². The number of rotatable bonds is 7. The first-order valence-electron chi connectivity index (χ1n) is 6.91. The van der Waals surface area contributed by atoms with Crippen molar-refractivity contribution in [2.75, 3.05) is 26.0 Å². The maximum absolute atomic E-state index is 12.2. The molecule has 0 bridgehead atoms. The number of benzene rings is 1. The average molecular weight is 295 g/mol. The van der Waals surface area contributed by atoms with E-state index in [0.717, 1.165) is 23.5 Å². The molecule has 0 aromatic heterocycles. The van der Waals surface area contributed by atoms with E-state index in [1.165, 1.54) is 18.2 Å². The molecule has 2 rings (SSSR count). The summed E-state index contributed by atoms with van der Waals surface area (Å²) in [5.41, 5.74) is 0. The smallest absolute Gasteiger partial charge is 0.233 e. The first kappa shape index (κ1) is 15.2. The monoisotopic (exact) mass is 295 g/mol. The van der Waals surface area contributed by atoms with Gasteiger partial charge in [0.1, 0.15) is 5.75 Å². The molecule has 0 saturated heterocycles. The quantitative estimate of drug-likeness (QED) is 0.783. The zero-order chi connectivity index (χ0) is 14.4. The number of carbonyl (C=O) groups is 1. The van der Waals surface area contributed by atoms with Crippen LogP contribution in [0.15, 0.2) is 29.2 Å². The van der Waals surface area contributed by atoms with Gasteiger partial charge < -0.3 is 14.7 Å². The molecule has 4 nitrogen and oxygen atoms in total. The molecular weight excluding hydrogens is 274 g/mol. The van der Waals surface area contributed by atoms with Crippen LogP contribution in [0, 0.1) is 0 Å². The van der Waals surface area contributed by atoms with Gasteiger partial charge in [0.15, 0.2) is 0 Å². The zero-order valence-electron chi connectivity index (χ0n) is 11.7. The molecule has 0 aliphatic heterocycles. The van der Waals surface area contributed by atoms with Crippen LogP contribution in [-0.4, -0.2) is 48.0 Å². The van der Waals surface area contributed by atoms with Crippen molar-refractivity contribution in [1.29, 1.82) is 0 Å². The second kappa shape index (κ2) is 7.55. The van der Waals surface area contributed by atoms with Crippen molar-refractivity contribution in [3.05, 3.63) is 24.3 Å². The molecule has 0 unspecified atom stereocenters. The molecule has 110 valence electrons. The van der Waals surface area contributed by atoms with Crippen molar-refractivity contribution in [1.82, 2.24) is 4.90 Å². The lowest BCUT2D eigenvalue weighted by Crippen LogP contribution is -2.46. The highest BCUT2D eigenvalue weighted by molar-refractivity contribution is 8.00. The standard InChI is InChI=1S/C15H21NO3S/c1-19-13-5-7-14(8-6-13)20-11-15(18)16(9-10-17)12-3-2-4-12/h5-8,12,17H,2-4,9-11H2,1H3. The highest BCUT2D eigenvalue weighted by Crippen LogP contribution is 2.26. The van der Waals surface area contributed by atoms with Gasteiger partial charge in [-0.2, -0.15) is 0 Å². The van der Waals surface area contributed by atoms with Gasteiger partial charge in [-0.15, -0.1) is 11.8 Å². The number of amides is 1. The second-order valence-corrected chi connectivity index (χ2v) is 5.91. The highest BCUT2D eigenvalue weighted by Gasteiger charge is 2.27. The second-order valence-electron chi connectivity index (χ2n) is 4.86. The Morgan fingerprint density at radius 1 is 1.40 bits per heavy atom. The Morgan fingerprint density at radius 3 is 2.60 bits per heavy atom. The van der Waals surface area contributed by atoms with Crippen molar-refractivity contribution >= 4 is 17.7 Å². The molecule has 0 atom stereocenters. The van der Waals surface area contributed by atoms with E-state index >= 15 is 0 Å². The molecule has 1 aromatic rings. The molecule has 1 amide bonds. The summed E-state index contributed by atoms with van der Waals surface area (Å²) in [7, 11) is 1.64. The minimum atomic E-state index is 0.0371. The van der Waals surface area contributed by atoms with Crippen LogP contribution < -0.4 is 4.74 Å². The Balaban J connectivity index is 1.85. The Labute approximate surface area is 124 Å². The zero-order valence-corrected chi connectivity index (χ0v) is 12.6. The number of methoxy groups -OCH3 is 1. The molecule has 1 aliphatic rings. The van der Waals surface area contributed by atoms with Crippen molar-refractivity contribution in [3.63, 3.8) is 0 Å². The van der Waals surface area contributed by atoms with Gasteiger partial charge in [0, 0.05) is 17.5 Å². The number of hydrogen-bond donors (Lipinski definition) is 1. The molecule has 1 aromatic carbocycles. The van der Waals surface area contributed by atoms with Crippen LogP contribution in [0.1, 0.15) is 19.3 Å². The first-order chi connectivity index (χ1) is 9.74. The summed E-state index contributed by atoms with van der Waals surface area (Å²) >= 11 is 1.53. The summed E-state index contributed by atoms with van der Waals surface area (Å²) in [6.07, 6.45) is 3.32. The summed E-state index contributed by atoms with van der Waals surface area (Å²) in [6, 6.07) is 8.03. The number of hydrogen-bond acceptors (Lipinski definition) is 4. The first-order valence-corrected chi connectivity index (χ1v) is 7.90. The molecule has 1 fully saturated rings. The van der Waals surface area contributed by atoms with Gasteiger partial charge in [0.05, 0.1) is 19.5 Å². The predicted octanol–water partition coefficient (Wildman–Crippen LogP) is 2.16. The Bertz CT molecular complexity index is 431. The van der Waals surface area contributed by atoms with Gasteiger partial charge in [-0.05, 0) is 43.5 Å². The lowest BCUT2D eigenvalue weighted by atomic mass is 9.91. The fourth-order valence-electron chi connectivity index (χ4n) is 2.22. The Hall–Kier alpha value is -1.20. The van der Waals surface area contributed by atoms with Crippen LogP contribution in [0.25, 0.3) is 0 Å². The van der Waals surface area contributed by atoms with Crippen LogP contribution in [-0.2, 0) is 4.79 Å². The van der Waals surface area contributed by atoms with E-state index in [1.807, 2.05) is 29.2 Å². The fraction of sp³-hybridized carbons (Fsp3) is 0.533. The van der Waals surface area contributed by atoms with E-state index in [0.29, 0.717) is 18.3 Å². The van der Waals surface area contributed by atoms with Crippen LogP contribution in [0.3, 0.4) is 0 Å². The van der Waals surface area contributed by atoms with E-state index in [9.17, 15) is 4.79 Å². The summed E-state index contributed by atoms with van der Waals surface area (Å²) in [6.45, 7) is 0.488. The largest absolute Gasteiger partial charge is 0.497 e. The topological polar surface area (TPSA) is 49.8 Å². The van der Waals surface area contributed by atoms with Gasteiger partial charge in [-0.1, -0.05) is 0 Å². The molecule has 5 heteroatoms. The predicted molar refractivity (Wildman–Crippen MR) is 80.2 cm³/mol. The third-order valence-electron chi connectivity index (χ3n) is 3.60. The molecule has 0 spiro atoms. The maximum atomic E-state index is 12.2. The van der Waals surface area contributed by atoms with E-state index in [2.05, 4.69) is 0 Å². The van der Waals surface area contributed by atoms with E-state index in [1.54, 1.807) is 7.11 Å². The SMILES string of the molecule is COc1ccc(SCC(=O)N(CCO)C2CCC2)cc1. The highest BCUT2D eigenvalue weighted by atomic mass is 32.2. The molecule has 1 aliphatic carbocycles. The summed E-state index contributed by atoms with van der Waals surface area (Å²) in [5.74, 6) is 1.35. The number of nitrogens with zero attached hydrogens (tertiary/aromatic N) is 1. The van der Waals surface area contributed by atoms with Gasteiger partial charge in [0.25, 0.3) is 0 Å². The summed E-state index contributed by atoms with van der Waals surface area (Å²) in [4.78, 5) is 15.1. The molecule has 0 radical (unpaired) electrons. The van der Waals surface area contributed by atoms with E-state index in [-0.39, 0.29) is 12.5 Å². The fourth-order valence-corrected chi connectivity index (χ4v) is 3.00. The van der Waals surface area contributed by atoms with Crippen LogP contribution in [0.2, 0.25) is 0 Å². The van der Waals surface area contributed by atoms with Crippen molar-refractivity contribution < 1.29 is 14.6 Å². The van der Waals surface area contributed by atoms with Crippen molar-refractivity contribution in [3.8, 4) is 5.75 Å². The van der Waals surface area contributed by atoms with Crippen LogP contribution in [0.5, 0.6) is 5.75 Å². The third kappa shape index (κ3) is 3.90. The number of aliphatic hydroxyl groups excluding tert-OH is 1. The van der Waals surface area contributed by atoms with Gasteiger partial charge in [-0.3, -0.25) is 4.79 Å². The number of aliphatic hydroxyl groups is 1. The molecule has 1 saturated carbocycles. The normalized spacial score (nSPS) is 14.7. The van der Waals surface area contributed by atoms with Crippen molar-refractivity contribution in [2.45, 2.75) is 30.2 Å². The number of carbonyl (C=O) groups excluding carboxylic acids is 1. The minimum absolute atomic E-state index is 0.0371.